The highest BCUT2D eigenvalue weighted by molar-refractivity contribution is 9.10. The minimum atomic E-state index is -3.21. The fraction of sp³-hybridized carbons (Fsp3) is 0.400. The van der Waals surface area contributed by atoms with Gasteiger partial charge in [-0.15, -0.1) is 0 Å². The van der Waals surface area contributed by atoms with Gasteiger partial charge in [-0.1, -0.05) is 11.6 Å². The van der Waals surface area contributed by atoms with Crippen LogP contribution in [0.5, 0.6) is 0 Å². The first-order valence-electron chi connectivity index (χ1n) is 4.85. The van der Waals surface area contributed by atoms with E-state index in [1.54, 1.807) is 6.07 Å². The van der Waals surface area contributed by atoms with Crippen molar-refractivity contribution in [2.24, 2.45) is 0 Å². The molecule has 1 aromatic carbocycles. The maximum atomic E-state index is 11.7. The van der Waals surface area contributed by atoms with Crippen molar-refractivity contribution in [3.63, 3.8) is 0 Å². The van der Waals surface area contributed by atoms with Crippen molar-refractivity contribution in [2.75, 3.05) is 17.1 Å². The average Bonchev–Trinajstić information content (AvgIpc) is 2.14. The van der Waals surface area contributed by atoms with Crippen LogP contribution in [0.2, 0.25) is 5.02 Å². The molecule has 16 heavy (non-hydrogen) atoms. The number of aryl methyl sites for hydroxylation is 1. The molecule has 0 saturated heterocycles. The molecule has 0 amide bonds. The summed E-state index contributed by atoms with van der Waals surface area (Å²) in [5, 5.41) is 0.626. The van der Waals surface area contributed by atoms with Crippen molar-refractivity contribution in [1.29, 1.82) is 0 Å². The highest BCUT2D eigenvalue weighted by Crippen LogP contribution is 2.38. The molecule has 0 atom stereocenters. The van der Waals surface area contributed by atoms with Gasteiger partial charge >= 0.3 is 0 Å². The molecule has 1 aliphatic heterocycles. The van der Waals surface area contributed by atoms with Crippen molar-refractivity contribution in [2.45, 2.75) is 12.8 Å². The zero-order chi connectivity index (χ0) is 11.9. The number of hydrogen-bond acceptors (Lipinski definition) is 2. The Morgan fingerprint density at radius 1 is 1.44 bits per heavy atom. The first kappa shape index (κ1) is 12.2. The maximum absolute atomic E-state index is 11.7. The normalized spacial score (nSPS) is 16.1. The second-order valence-electron chi connectivity index (χ2n) is 3.83. The minimum Gasteiger partial charge on any atom is -0.269 e. The molecule has 0 saturated carbocycles. The molecule has 0 aromatic heterocycles. The first-order valence-corrected chi connectivity index (χ1v) is 7.87. The zero-order valence-corrected chi connectivity index (χ0v) is 11.9. The van der Waals surface area contributed by atoms with Gasteiger partial charge in [0.2, 0.25) is 10.0 Å². The summed E-state index contributed by atoms with van der Waals surface area (Å²) in [6.45, 7) is 0.534. The number of halogens is 2. The molecule has 88 valence electrons. The Kier molecular flexibility index (Phi) is 3.20. The van der Waals surface area contributed by atoms with Crippen molar-refractivity contribution in [3.05, 3.63) is 27.2 Å². The number of nitrogens with zero attached hydrogens (tertiary/aromatic N) is 1. The minimum absolute atomic E-state index is 0.534. The van der Waals surface area contributed by atoms with Crippen LogP contribution in [0.3, 0.4) is 0 Å². The second-order valence-corrected chi connectivity index (χ2v) is 7.03. The predicted molar refractivity (Wildman–Crippen MR) is 69.7 cm³/mol. The zero-order valence-electron chi connectivity index (χ0n) is 8.70. The lowest BCUT2D eigenvalue weighted by Crippen LogP contribution is -2.34. The summed E-state index contributed by atoms with van der Waals surface area (Å²) in [5.74, 6) is 0. The van der Waals surface area contributed by atoms with E-state index in [4.69, 9.17) is 11.6 Å². The van der Waals surface area contributed by atoms with Gasteiger partial charge in [-0.05, 0) is 46.5 Å². The van der Waals surface area contributed by atoms with Gasteiger partial charge in [0.1, 0.15) is 0 Å². The third-order valence-corrected chi connectivity index (χ3v) is 4.55. The molecule has 1 aromatic rings. The number of anilines is 1. The summed E-state index contributed by atoms with van der Waals surface area (Å²) in [4.78, 5) is 0. The van der Waals surface area contributed by atoms with Crippen molar-refractivity contribution < 1.29 is 8.42 Å². The highest BCUT2D eigenvalue weighted by atomic mass is 79.9. The highest BCUT2D eigenvalue weighted by Gasteiger charge is 2.26. The summed E-state index contributed by atoms with van der Waals surface area (Å²) >= 11 is 9.32. The molecule has 0 bridgehead atoms. The lowest BCUT2D eigenvalue weighted by atomic mass is 10.0. The molecule has 6 heteroatoms. The van der Waals surface area contributed by atoms with Crippen molar-refractivity contribution in [1.82, 2.24) is 0 Å². The summed E-state index contributed by atoms with van der Waals surface area (Å²) < 4.78 is 25.5. The molecule has 1 heterocycles. The van der Waals surface area contributed by atoms with E-state index in [2.05, 4.69) is 15.9 Å². The van der Waals surface area contributed by atoms with E-state index in [-0.39, 0.29) is 0 Å². The summed E-state index contributed by atoms with van der Waals surface area (Å²) in [5.41, 5.74) is 1.72. The number of rotatable bonds is 1. The Hall–Kier alpha value is -0.260. The van der Waals surface area contributed by atoms with Crippen LogP contribution in [0.15, 0.2) is 16.6 Å². The van der Waals surface area contributed by atoms with Crippen LogP contribution in [-0.4, -0.2) is 21.2 Å². The number of fused-ring (bicyclic) bond motifs is 1. The van der Waals surface area contributed by atoms with Crippen LogP contribution in [0.1, 0.15) is 12.0 Å². The van der Waals surface area contributed by atoms with Crippen LogP contribution in [0.4, 0.5) is 5.69 Å². The van der Waals surface area contributed by atoms with E-state index < -0.39 is 10.0 Å². The molecule has 0 aliphatic carbocycles. The topological polar surface area (TPSA) is 37.4 Å². The second kappa shape index (κ2) is 4.20. The van der Waals surface area contributed by atoms with Crippen LogP contribution in [0.25, 0.3) is 0 Å². The molecule has 1 aliphatic rings. The van der Waals surface area contributed by atoms with Gasteiger partial charge in [-0.2, -0.15) is 0 Å². The van der Waals surface area contributed by atoms with E-state index in [0.717, 1.165) is 28.6 Å². The van der Waals surface area contributed by atoms with Gasteiger partial charge < -0.3 is 0 Å². The van der Waals surface area contributed by atoms with Gasteiger partial charge in [-0.3, -0.25) is 4.31 Å². The molecule has 2 rings (SSSR count). The van der Waals surface area contributed by atoms with Gasteiger partial charge in [0.15, 0.2) is 0 Å². The molecular formula is C10H11BrClNO2S. The van der Waals surface area contributed by atoms with E-state index in [1.165, 1.54) is 10.6 Å². The lowest BCUT2D eigenvalue weighted by molar-refractivity contribution is 0.592. The van der Waals surface area contributed by atoms with Crippen molar-refractivity contribution in [3.8, 4) is 0 Å². The summed E-state index contributed by atoms with van der Waals surface area (Å²) in [7, 11) is -3.21. The first-order chi connectivity index (χ1) is 7.39. The SMILES string of the molecule is CS(=O)(=O)N1CCCc2cc(Cl)cc(Br)c21. The number of sulfonamides is 1. The van der Waals surface area contributed by atoms with E-state index >= 15 is 0 Å². The predicted octanol–water partition coefficient (Wildman–Crippen LogP) is 2.81. The maximum Gasteiger partial charge on any atom is 0.232 e. The van der Waals surface area contributed by atoms with Gasteiger partial charge in [0.25, 0.3) is 0 Å². The molecule has 0 unspecified atom stereocenters. The molecule has 0 spiro atoms. The third-order valence-electron chi connectivity index (χ3n) is 2.56. The smallest absolute Gasteiger partial charge is 0.232 e. The number of benzene rings is 1. The van der Waals surface area contributed by atoms with Crippen LogP contribution < -0.4 is 4.31 Å². The molecular weight excluding hydrogens is 314 g/mol. The van der Waals surface area contributed by atoms with E-state index in [1.807, 2.05) is 6.07 Å². The molecule has 0 fully saturated rings. The monoisotopic (exact) mass is 323 g/mol. The van der Waals surface area contributed by atoms with Crippen LogP contribution in [0, 0.1) is 0 Å². The van der Waals surface area contributed by atoms with Gasteiger partial charge in [0, 0.05) is 16.0 Å². The van der Waals surface area contributed by atoms with E-state index in [0.29, 0.717) is 11.6 Å². The Morgan fingerprint density at radius 2 is 2.12 bits per heavy atom. The van der Waals surface area contributed by atoms with E-state index in [9.17, 15) is 8.42 Å². The molecule has 3 nitrogen and oxygen atoms in total. The molecule has 0 radical (unpaired) electrons. The third kappa shape index (κ3) is 2.21. The fourth-order valence-corrected chi connectivity index (χ4v) is 4.16. The Bertz CT molecular complexity index is 530. The van der Waals surface area contributed by atoms with Crippen LogP contribution >= 0.6 is 27.5 Å². The quantitative estimate of drug-likeness (QED) is 0.796. The molecule has 0 N–H and O–H groups in total. The average molecular weight is 325 g/mol. The standard InChI is InChI=1S/C10H11BrClNO2S/c1-16(14,15)13-4-2-3-7-5-8(12)6-9(11)10(7)13/h5-6H,2-4H2,1H3. The van der Waals surface area contributed by atoms with Gasteiger partial charge in [-0.25, -0.2) is 8.42 Å². The largest absolute Gasteiger partial charge is 0.269 e. The van der Waals surface area contributed by atoms with Crippen molar-refractivity contribution >= 4 is 43.2 Å². The summed E-state index contributed by atoms with van der Waals surface area (Å²) in [6, 6.07) is 3.56. The van der Waals surface area contributed by atoms with Gasteiger partial charge in [0.05, 0.1) is 11.9 Å². The lowest BCUT2D eigenvalue weighted by Gasteiger charge is -2.30. The van der Waals surface area contributed by atoms with Crippen LogP contribution in [-0.2, 0) is 16.4 Å². The fourth-order valence-electron chi connectivity index (χ4n) is 1.95. The number of hydrogen-bond donors (Lipinski definition) is 0. The Morgan fingerprint density at radius 3 is 2.75 bits per heavy atom. The Labute approximate surface area is 109 Å². The summed E-state index contributed by atoms with van der Waals surface area (Å²) in [6.07, 6.45) is 2.91. The Balaban J connectivity index is 2.63.